The molecule has 0 aromatic heterocycles. The van der Waals surface area contributed by atoms with Crippen LogP contribution < -0.4 is 10.6 Å². The number of thioether (sulfide) groups is 1. The average molecular weight is 288 g/mol. The van der Waals surface area contributed by atoms with Gasteiger partial charge in [-0.3, -0.25) is 4.79 Å². The summed E-state index contributed by atoms with van der Waals surface area (Å²) in [6, 6.07) is -0.0436. The standard InChI is InChI=1S/C13H24N2O3S/c1-3-19-11-6-4-5-10(11)15-13(18)14-9(2)7-8-12(16)17/h9-11H,3-8H2,1-2H3,(H,16,17)(H2,14,15,18). The molecular weight excluding hydrogens is 264 g/mol. The minimum atomic E-state index is -0.829. The van der Waals surface area contributed by atoms with E-state index >= 15 is 0 Å². The van der Waals surface area contributed by atoms with Crippen LogP contribution in [0.3, 0.4) is 0 Å². The molecule has 1 rings (SSSR count). The summed E-state index contributed by atoms with van der Waals surface area (Å²) in [6.07, 6.45) is 3.91. The maximum Gasteiger partial charge on any atom is 0.315 e. The Balaban J connectivity index is 2.28. The molecule has 1 saturated carbocycles. The van der Waals surface area contributed by atoms with Crippen LogP contribution in [0.1, 0.15) is 46.0 Å². The van der Waals surface area contributed by atoms with Crippen molar-refractivity contribution < 1.29 is 14.7 Å². The summed E-state index contributed by atoms with van der Waals surface area (Å²) in [5.74, 6) is 0.240. The SMILES string of the molecule is CCSC1CCCC1NC(=O)NC(C)CCC(=O)O. The number of carboxylic acids is 1. The van der Waals surface area contributed by atoms with Gasteiger partial charge in [0.1, 0.15) is 0 Å². The molecule has 0 bridgehead atoms. The highest BCUT2D eigenvalue weighted by Gasteiger charge is 2.28. The Hall–Kier alpha value is -0.910. The number of nitrogens with one attached hydrogen (secondary N) is 2. The molecule has 0 heterocycles. The molecule has 1 aliphatic rings. The second-order valence-corrected chi connectivity index (χ2v) is 6.50. The minimum Gasteiger partial charge on any atom is -0.481 e. The number of hydrogen-bond acceptors (Lipinski definition) is 3. The highest BCUT2D eigenvalue weighted by Crippen LogP contribution is 2.29. The van der Waals surface area contributed by atoms with Gasteiger partial charge in [-0.05, 0) is 31.9 Å². The predicted molar refractivity (Wildman–Crippen MR) is 77.6 cm³/mol. The highest BCUT2D eigenvalue weighted by molar-refractivity contribution is 7.99. The Morgan fingerprint density at radius 2 is 2.16 bits per heavy atom. The average Bonchev–Trinajstić information content (AvgIpc) is 2.74. The van der Waals surface area contributed by atoms with Gasteiger partial charge in [0.05, 0.1) is 0 Å². The normalized spacial score (nSPS) is 23.9. The number of carbonyl (C=O) groups is 2. The summed E-state index contributed by atoms with van der Waals surface area (Å²) >= 11 is 1.90. The number of urea groups is 1. The van der Waals surface area contributed by atoms with Crippen LogP contribution in [-0.4, -0.2) is 40.2 Å². The van der Waals surface area contributed by atoms with Gasteiger partial charge in [-0.2, -0.15) is 11.8 Å². The Morgan fingerprint density at radius 3 is 2.79 bits per heavy atom. The third-order valence-electron chi connectivity index (χ3n) is 3.32. The molecule has 0 saturated heterocycles. The van der Waals surface area contributed by atoms with E-state index in [1.54, 1.807) is 0 Å². The molecule has 2 amide bonds. The largest absolute Gasteiger partial charge is 0.481 e. The van der Waals surface area contributed by atoms with Gasteiger partial charge in [-0.25, -0.2) is 4.79 Å². The monoisotopic (exact) mass is 288 g/mol. The van der Waals surface area contributed by atoms with Crippen molar-refractivity contribution in [3.63, 3.8) is 0 Å². The number of rotatable bonds is 7. The predicted octanol–water partition coefficient (Wildman–Crippen LogP) is 2.21. The Labute approximate surface area is 118 Å². The first-order valence-corrected chi connectivity index (χ1v) is 7.98. The Bertz CT molecular complexity index is 312. The Kier molecular flexibility index (Phi) is 7.05. The Morgan fingerprint density at radius 1 is 1.42 bits per heavy atom. The van der Waals surface area contributed by atoms with E-state index in [4.69, 9.17) is 5.11 Å². The number of amides is 2. The van der Waals surface area contributed by atoms with E-state index in [2.05, 4.69) is 17.6 Å². The fourth-order valence-electron chi connectivity index (χ4n) is 2.35. The van der Waals surface area contributed by atoms with Gasteiger partial charge in [0.15, 0.2) is 0 Å². The van der Waals surface area contributed by atoms with Crippen LogP contribution in [0.4, 0.5) is 4.79 Å². The molecule has 0 aromatic rings. The number of carboxylic acid groups (broad SMARTS) is 1. The quantitative estimate of drug-likeness (QED) is 0.671. The van der Waals surface area contributed by atoms with E-state index in [0.29, 0.717) is 11.7 Å². The summed E-state index contributed by atoms with van der Waals surface area (Å²) in [5.41, 5.74) is 0. The van der Waals surface area contributed by atoms with Gasteiger partial charge in [0, 0.05) is 23.8 Å². The van der Waals surface area contributed by atoms with E-state index in [1.165, 1.54) is 0 Å². The molecule has 3 N–H and O–H groups in total. The third kappa shape index (κ3) is 6.18. The van der Waals surface area contributed by atoms with Gasteiger partial charge in [0.25, 0.3) is 0 Å². The lowest BCUT2D eigenvalue weighted by molar-refractivity contribution is -0.137. The van der Waals surface area contributed by atoms with Crippen LogP contribution in [0, 0.1) is 0 Å². The first kappa shape index (κ1) is 16.1. The van der Waals surface area contributed by atoms with E-state index in [-0.39, 0.29) is 24.5 Å². The summed E-state index contributed by atoms with van der Waals surface area (Å²) in [7, 11) is 0. The van der Waals surface area contributed by atoms with E-state index in [0.717, 1.165) is 25.0 Å². The minimum absolute atomic E-state index is 0.0825. The van der Waals surface area contributed by atoms with Crippen LogP contribution >= 0.6 is 11.8 Å². The maximum absolute atomic E-state index is 11.8. The second kappa shape index (κ2) is 8.30. The highest BCUT2D eigenvalue weighted by atomic mass is 32.2. The zero-order valence-electron chi connectivity index (χ0n) is 11.6. The first-order valence-electron chi connectivity index (χ1n) is 6.93. The fourth-order valence-corrected chi connectivity index (χ4v) is 3.55. The maximum atomic E-state index is 11.8. The summed E-state index contributed by atoms with van der Waals surface area (Å²) in [4.78, 5) is 22.3. The zero-order valence-corrected chi connectivity index (χ0v) is 12.5. The molecule has 5 nitrogen and oxygen atoms in total. The van der Waals surface area contributed by atoms with Crippen molar-refractivity contribution in [2.75, 3.05) is 5.75 Å². The molecule has 0 aliphatic heterocycles. The topological polar surface area (TPSA) is 78.4 Å². The van der Waals surface area contributed by atoms with Gasteiger partial charge in [0.2, 0.25) is 0 Å². The first-order chi connectivity index (χ1) is 9.02. The molecule has 6 heteroatoms. The van der Waals surface area contributed by atoms with Crippen molar-refractivity contribution in [3.8, 4) is 0 Å². The van der Waals surface area contributed by atoms with Gasteiger partial charge < -0.3 is 15.7 Å². The van der Waals surface area contributed by atoms with Crippen molar-refractivity contribution in [2.45, 2.75) is 63.3 Å². The summed E-state index contributed by atoms with van der Waals surface area (Å²) in [6.45, 7) is 3.96. The van der Waals surface area contributed by atoms with Crippen LogP contribution in [0.15, 0.2) is 0 Å². The molecule has 1 fully saturated rings. The lowest BCUT2D eigenvalue weighted by Crippen LogP contribution is -2.47. The van der Waals surface area contributed by atoms with Crippen molar-refractivity contribution in [3.05, 3.63) is 0 Å². The third-order valence-corrected chi connectivity index (χ3v) is 4.64. The van der Waals surface area contributed by atoms with Crippen molar-refractivity contribution in [1.29, 1.82) is 0 Å². The molecule has 0 spiro atoms. The van der Waals surface area contributed by atoms with Crippen molar-refractivity contribution in [2.24, 2.45) is 0 Å². The molecule has 0 aromatic carbocycles. The van der Waals surface area contributed by atoms with E-state index < -0.39 is 5.97 Å². The van der Waals surface area contributed by atoms with Crippen LogP contribution in [-0.2, 0) is 4.79 Å². The zero-order chi connectivity index (χ0) is 14.3. The lowest BCUT2D eigenvalue weighted by atomic mass is 10.2. The smallest absolute Gasteiger partial charge is 0.315 e. The summed E-state index contributed by atoms with van der Waals surface area (Å²) < 4.78 is 0. The summed E-state index contributed by atoms with van der Waals surface area (Å²) in [5, 5.41) is 14.9. The van der Waals surface area contributed by atoms with E-state index in [1.807, 2.05) is 18.7 Å². The molecule has 3 unspecified atom stereocenters. The van der Waals surface area contributed by atoms with Gasteiger partial charge in [-0.15, -0.1) is 0 Å². The number of carbonyl (C=O) groups excluding carboxylic acids is 1. The molecular formula is C13H24N2O3S. The second-order valence-electron chi connectivity index (χ2n) is 4.98. The van der Waals surface area contributed by atoms with Gasteiger partial charge >= 0.3 is 12.0 Å². The molecule has 110 valence electrons. The van der Waals surface area contributed by atoms with Crippen molar-refractivity contribution >= 4 is 23.8 Å². The van der Waals surface area contributed by atoms with Crippen LogP contribution in [0.2, 0.25) is 0 Å². The fraction of sp³-hybridized carbons (Fsp3) is 0.846. The van der Waals surface area contributed by atoms with Crippen LogP contribution in [0.25, 0.3) is 0 Å². The number of aliphatic carboxylic acids is 1. The lowest BCUT2D eigenvalue weighted by Gasteiger charge is -2.22. The molecule has 19 heavy (non-hydrogen) atoms. The van der Waals surface area contributed by atoms with Gasteiger partial charge in [-0.1, -0.05) is 13.3 Å². The molecule has 0 radical (unpaired) electrons. The van der Waals surface area contributed by atoms with Crippen molar-refractivity contribution in [1.82, 2.24) is 10.6 Å². The van der Waals surface area contributed by atoms with Crippen LogP contribution in [0.5, 0.6) is 0 Å². The molecule has 1 aliphatic carbocycles. The molecule has 3 atom stereocenters. The van der Waals surface area contributed by atoms with E-state index in [9.17, 15) is 9.59 Å². The number of hydrogen-bond donors (Lipinski definition) is 3.